The number of aromatic nitrogens is 4. The summed E-state index contributed by atoms with van der Waals surface area (Å²) in [6.45, 7) is 4.44. The Morgan fingerprint density at radius 3 is 3.12 bits per heavy atom. The SMILES string of the molecule is Cc1nc(NCCC(C)Cl)cc2n[nH]c(=O)n12. The van der Waals surface area contributed by atoms with Crippen molar-refractivity contribution in [3.63, 3.8) is 0 Å². The van der Waals surface area contributed by atoms with Gasteiger partial charge in [0.1, 0.15) is 11.6 Å². The van der Waals surface area contributed by atoms with Gasteiger partial charge >= 0.3 is 5.69 Å². The fourth-order valence-electron chi connectivity index (χ4n) is 1.59. The van der Waals surface area contributed by atoms with Crippen LogP contribution < -0.4 is 11.0 Å². The largest absolute Gasteiger partial charge is 0.370 e. The van der Waals surface area contributed by atoms with E-state index in [0.717, 1.165) is 13.0 Å². The van der Waals surface area contributed by atoms with E-state index in [0.29, 0.717) is 17.3 Å². The molecule has 17 heavy (non-hydrogen) atoms. The maximum absolute atomic E-state index is 11.4. The van der Waals surface area contributed by atoms with E-state index in [9.17, 15) is 4.79 Å². The first-order chi connectivity index (χ1) is 8.08. The van der Waals surface area contributed by atoms with Crippen molar-refractivity contribution in [3.8, 4) is 0 Å². The molecule has 0 spiro atoms. The summed E-state index contributed by atoms with van der Waals surface area (Å²) < 4.78 is 1.43. The minimum absolute atomic E-state index is 0.125. The van der Waals surface area contributed by atoms with Crippen molar-refractivity contribution >= 4 is 23.1 Å². The van der Waals surface area contributed by atoms with Crippen molar-refractivity contribution in [2.75, 3.05) is 11.9 Å². The second kappa shape index (κ2) is 4.75. The molecule has 1 unspecified atom stereocenters. The predicted octanol–water partition coefficient (Wildman–Crippen LogP) is 1.16. The van der Waals surface area contributed by atoms with Crippen LogP contribution in [0.25, 0.3) is 5.65 Å². The van der Waals surface area contributed by atoms with Gasteiger partial charge in [-0.3, -0.25) is 0 Å². The maximum Gasteiger partial charge on any atom is 0.349 e. The lowest BCUT2D eigenvalue weighted by Gasteiger charge is -2.07. The molecule has 92 valence electrons. The third-order valence-corrected chi connectivity index (χ3v) is 2.64. The fourth-order valence-corrected chi connectivity index (χ4v) is 1.70. The standard InChI is InChI=1S/C10H14ClN5O/c1-6(11)3-4-12-8-5-9-14-15-10(17)16(9)7(2)13-8/h5-6,12H,3-4H2,1-2H3,(H,15,17). The van der Waals surface area contributed by atoms with Crippen LogP contribution in [-0.2, 0) is 0 Å². The Balaban J connectivity index is 2.22. The van der Waals surface area contributed by atoms with Gasteiger partial charge in [-0.05, 0) is 20.3 Å². The molecule has 0 fully saturated rings. The highest BCUT2D eigenvalue weighted by atomic mass is 35.5. The van der Waals surface area contributed by atoms with E-state index in [1.54, 1.807) is 13.0 Å². The smallest absolute Gasteiger partial charge is 0.349 e. The number of H-pyrrole nitrogens is 1. The zero-order valence-electron chi connectivity index (χ0n) is 9.70. The second-order valence-electron chi connectivity index (χ2n) is 3.91. The quantitative estimate of drug-likeness (QED) is 0.804. The summed E-state index contributed by atoms with van der Waals surface area (Å²) in [7, 11) is 0. The average Bonchev–Trinajstić information content (AvgIpc) is 2.60. The number of aryl methyl sites for hydroxylation is 1. The number of anilines is 1. The molecule has 0 amide bonds. The van der Waals surface area contributed by atoms with Gasteiger partial charge in [0.15, 0.2) is 5.65 Å². The van der Waals surface area contributed by atoms with Crippen molar-refractivity contribution in [1.29, 1.82) is 0 Å². The number of fused-ring (bicyclic) bond motifs is 1. The Kier molecular flexibility index (Phi) is 3.33. The molecule has 0 aromatic carbocycles. The molecule has 0 aliphatic carbocycles. The molecular formula is C10H14ClN5O. The molecule has 2 aromatic rings. The summed E-state index contributed by atoms with van der Waals surface area (Å²) in [6.07, 6.45) is 0.848. The molecule has 0 aliphatic heterocycles. The van der Waals surface area contributed by atoms with Crippen LogP contribution in [0.5, 0.6) is 0 Å². The Morgan fingerprint density at radius 2 is 2.41 bits per heavy atom. The van der Waals surface area contributed by atoms with Crippen LogP contribution in [0, 0.1) is 6.92 Å². The lowest BCUT2D eigenvalue weighted by atomic mass is 10.3. The van der Waals surface area contributed by atoms with Crippen molar-refractivity contribution < 1.29 is 0 Å². The molecule has 2 rings (SSSR count). The molecule has 0 bridgehead atoms. The van der Waals surface area contributed by atoms with Crippen molar-refractivity contribution in [3.05, 3.63) is 22.4 Å². The monoisotopic (exact) mass is 255 g/mol. The van der Waals surface area contributed by atoms with Crippen molar-refractivity contribution in [2.24, 2.45) is 0 Å². The van der Waals surface area contributed by atoms with Crippen molar-refractivity contribution in [2.45, 2.75) is 25.6 Å². The molecule has 0 aliphatic rings. The number of rotatable bonds is 4. The number of halogens is 1. The van der Waals surface area contributed by atoms with Crippen LogP contribution in [0.2, 0.25) is 0 Å². The Labute approximate surface area is 103 Å². The van der Waals surface area contributed by atoms with Gasteiger partial charge in [0.05, 0.1) is 0 Å². The van der Waals surface area contributed by atoms with Gasteiger partial charge in [-0.1, -0.05) is 0 Å². The molecule has 0 saturated carbocycles. The van der Waals surface area contributed by atoms with E-state index in [2.05, 4.69) is 20.5 Å². The number of hydrogen-bond donors (Lipinski definition) is 2. The Hall–Kier alpha value is -1.56. The van der Waals surface area contributed by atoms with Crippen LogP contribution in [0.15, 0.2) is 10.9 Å². The molecule has 2 aromatic heterocycles. The predicted molar refractivity (Wildman–Crippen MR) is 66.8 cm³/mol. The van der Waals surface area contributed by atoms with Gasteiger partial charge in [-0.2, -0.15) is 5.10 Å². The normalized spacial score (nSPS) is 12.9. The number of alkyl halides is 1. The summed E-state index contributed by atoms with van der Waals surface area (Å²) in [6, 6.07) is 1.73. The Bertz CT molecular complexity index is 574. The highest BCUT2D eigenvalue weighted by molar-refractivity contribution is 6.20. The van der Waals surface area contributed by atoms with E-state index >= 15 is 0 Å². The summed E-state index contributed by atoms with van der Waals surface area (Å²) in [5.41, 5.74) is 0.287. The molecule has 1 atom stereocenters. The number of aromatic amines is 1. The number of nitrogens with zero attached hydrogens (tertiary/aromatic N) is 3. The van der Waals surface area contributed by atoms with Crippen LogP contribution in [0.3, 0.4) is 0 Å². The van der Waals surface area contributed by atoms with Gasteiger partial charge in [0.2, 0.25) is 0 Å². The van der Waals surface area contributed by atoms with Gasteiger partial charge in [-0.15, -0.1) is 11.6 Å². The van der Waals surface area contributed by atoms with E-state index in [1.807, 2.05) is 6.92 Å². The molecule has 7 heteroatoms. The van der Waals surface area contributed by atoms with Crippen molar-refractivity contribution in [1.82, 2.24) is 19.6 Å². The molecule has 2 heterocycles. The molecule has 0 radical (unpaired) electrons. The van der Waals surface area contributed by atoms with Gasteiger partial charge in [0.25, 0.3) is 0 Å². The van der Waals surface area contributed by atoms with Gasteiger partial charge in [0, 0.05) is 18.0 Å². The molecule has 0 saturated heterocycles. The average molecular weight is 256 g/mol. The summed E-state index contributed by atoms with van der Waals surface area (Å²) in [5.74, 6) is 1.30. The van der Waals surface area contributed by atoms with Crippen LogP contribution in [-0.4, -0.2) is 31.5 Å². The maximum atomic E-state index is 11.4. The fraction of sp³-hybridized carbons (Fsp3) is 0.500. The topological polar surface area (TPSA) is 75.1 Å². The first-order valence-corrected chi connectivity index (χ1v) is 5.84. The number of hydrogen-bond acceptors (Lipinski definition) is 4. The van der Waals surface area contributed by atoms with E-state index in [4.69, 9.17) is 11.6 Å². The van der Waals surface area contributed by atoms with Gasteiger partial charge < -0.3 is 5.32 Å². The van der Waals surface area contributed by atoms with Crippen LogP contribution in [0.1, 0.15) is 19.2 Å². The van der Waals surface area contributed by atoms with E-state index in [-0.39, 0.29) is 11.1 Å². The van der Waals surface area contributed by atoms with E-state index in [1.165, 1.54) is 4.40 Å². The van der Waals surface area contributed by atoms with Gasteiger partial charge in [-0.25, -0.2) is 19.3 Å². The number of nitrogens with one attached hydrogen (secondary N) is 2. The molecular weight excluding hydrogens is 242 g/mol. The van der Waals surface area contributed by atoms with Crippen LogP contribution >= 0.6 is 11.6 Å². The van der Waals surface area contributed by atoms with E-state index < -0.39 is 0 Å². The zero-order chi connectivity index (χ0) is 12.4. The molecule has 2 N–H and O–H groups in total. The summed E-state index contributed by atoms with van der Waals surface area (Å²) in [5, 5.41) is 9.57. The molecule has 6 nitrogen and oxygen atoms in total. The lowest BCUT2D eigenvalue weighted by Crippen LogP contribution is -2.14. The third-order valence-electron chi connectivity index (χ3n) is 2.42. The second-order valence-corrected chi connectivity index (χ2v) is 4.65. The third kappa shape index (κ3) is 2.58. The first kappa shape index (κ1) is 11.9. The summed E-state index contributed by atoms with van der Waals surface area (Å²) in [4.78, 5) is 15.7. The first-order valence-electron chi connectivity index (χ1n) is 5.40. The minimum Gasteiger partial charge on any atom is -0.370 e. The minimum atomic E-state index is -0.272. The highest BCUT2D eigenvalue weighted by Gasteiger charge is 2.06. The van der Waals surface area contributed by atoms with Crippen LogP contribution in [0.4, 0.5) is 5.82 Å². The Morgan fingerprint density at radius 1 is 1.65 bits per heavy atom. The summed E-state index contributed by atoms with van der Waals surface area (Å²) >= 11 is 5.85. The highest BCUT2D eigenvalue weighted by Crippen LogP contribution is 2.08. The lowest BCUT2D eigenvalue weighted by molar-refractivity contribution is 0.835. The zero-order valence-corrected chi connectivity index (χ0v) is 10.5.